The van der Waals surface area contributed by atoms with Crippen molar-refractivity contribution >= 4 is 17.3 Å². The molecular weight excluding hydrogens is 320 g/mol. The van der Waals surface area contributed by atoms with Gasteiger partial charge in [0.05, 0.1) is 0 Å². The molecule has 1 heteroatoms. The van der Waals surface area contributed by atoms with Crippen molar-refractivity contribution in [2.75, 3.05) is 6.26 Å². The van der Waals surface area contributed by atoms with Gasteiger partial charge in [0.1, 0.15) is 0 Å². The molecule has 0 heterocycles. The van der Waals surface area contributed by atoms with Crippen LogP contribution >= 0.6 is 11.8 Å². The Bertz CT molecular complexity index is 887. The molecular formula is C24H22S. The number of rotatable bonds is 5. The van der Waals surface area contributed by atoms with Crippen LogP contribution in [0.1, 0.15) is 12.5 Å². The van der Waals surface area contributed by atoms with E-state index in [9.17, 15) is 0 Å². The van der Waals surface area contributed by atoms with Crippen LogP contribution in [0, 0.1) is 0 Å². The maximum atomic E-state index is 3.88. The molecule has 0 aliphatic heterocycles. The molecule has 25 heavy (non-hydrogen) atoms. The molecule has 0 N–H and O–H groups in total. The molecule has 0 fully saturated rings. The third-order valence-corrected chi connectivity index (χ3v) is 5.15. The highest BCUT2D eigenvalue weighted by Crippen LogP contribution is 2.34. The lowest BCUT2D eigenvalue weighted by molar-refractivity contribution is 1.44. The zero-order valence-corrected chi connectivity index (χ0v) is 15.5. The van der Waals surface area contributed by atoms with Gasteiger partial charge in [0.2, 0.25) is 0 Å². The molecule has 0 bridgehead atoms. The second kappa shape index (κ2) is 8.04. The summed E-state index contributed by atoms with van der Waals surface area (Å²) < 4.78 is 0. The molecule has 0 aliphatic carbocycles. The SMILES string of the molecule is C=C/C(=C\C)c1ccc(-c2ccc(-c3ccccc3)cc2SC)cc1. The molecule has 0 aromatic heterocycles. The number of benzene rings is 3. The molecule has 124 valence electrons. The molecule has 0 radical (unpaired) electrons. The lowest BCUT2D eigenvalue weighted by Crippen LogP contribution is -1.86. The fraction of sp³-hybridized carbons (Fsp3) is 0.0833. The largest absolute Gasteiger partial charge is 0.129 e. The number of hydrogen-bond donors (Lipinski definition) is 0. The van der Waals surface area contributed by atoms with Crippen molar-refractivity contribution in [3.63, 3.8) is 0 Å². The van der Waals surface area contributed by atoms with E-state index in [-0.39, 0.29) is 0 Å². The molecule has 3 rings (SSSR count). The molecule has 3 aromatic rings. The van der Waals surface area contributed by atoms with Crippen LogP contribution in [0.25, 0.3) is 27.8 Å². The Kier molecular flexibility index (Phi) is 5.57. The first-order valence-corrected chi connectivity index (χ1v) is 9.62. The third kappa shape index (κ3) is 3.78. The third-order valence-electron chi connectivity index (χ3n) is 4.37. The molecule has 0 atom stereocenters. The van der Waals surface area contributed by atoms with E-state index >= 15 is 0 Å². The molecule has 0 spiro atoms. The molecule has 3 aromatic carbocycles. The van der Waals surface area contributed by atoms with Crippen molar-refractivity contribution in [1.29, 1.82) is 0 Å². The Morgan fingerprint density at radius 1 is 0.840 bits per heavy atom. The number of allylic oxidation sites excluding steroid dienone is 3. The van der Waals surface area contributed by atoms with Crippen molar-refractivity contribution in [2.24, 2.45) is 0 Å². The molecule has 0 aliphatic rings. The highest BCUT2D eigenvalue weighted by atomic mass is 32.2. The summed E-state index contributed by atoms with van der Waals surface area (Å²) in [5, 5.41) is 0. The molecule has 0 saturated carbocycles. The zero-order valence-electron chi connectivity index (χ0n) is 14.7. The maximum Gasteiger partial charge on any atom is 0.0154 e. The normalized spacial score (nSPS) is 11.4. The average Bonchev–Trinajstić information content (AvgIpc) is 2.70. The Hall–Kier alpha value is -2.51. The Morgan fingerprint density at radius 2 is 1.52 bits per heavy atom. The summed E-state index contributed by atoms with van der Waals surface area (Å²) in [6.45, 7) is 5.92. The smallest absolute Gasteiger partial charge is 0.0154 e. The van der Waals surface area contributed by atoms with Gasteiger partial charge in [-0.3, -0.25) is 0 Å². The van der Waals surface area contributed by atoms with E-state index in [1.807, 2.05) is 13.0 Å². The first kappa shape index (κ1) is 17.3. The van der Waals surface area contributed by atoms with Crippen molar-refractivity contribution < 1.29 is 0 Å². The molecule has 0 nitrogen and oxygen atoms in total. The minimum Gasteiger partial charge on any atom is -0.129 e. The van der Waals surface area contributed by atoms with Gasteiger partial charge in [0, 0.05) is 4.90 Å². The van der Waals surface area contributed by atoms with E-state index < -0.39 is 0 Å². The maximum absolute atomic E-state index is 3.88. The van der Waals surface area contributed by atoms with E-state index in [1.54, 1.807) is 11.8 Å². The zero-order chi connectivity index (χ0) is 17.6. The van der Waals surface area contributed by atoms with Crippen molar-refractivity contribution in [1.82, 2.24) is 0 Å². The lowest BCUT2D eigenvalue weighted by atomic mass is 9.98. The lowest BCUT2D eigenvalue weighted by Gasteiger charge is -2.12. The van der Waals surface area contributed by atoms with E-state index in [4.69, 9.17) is 0 Å². The fourth-order valence-electron chi connectivity index (χ4n) is 2.98. The fourth-order valence-corrected chi connectivity index (χ4v) is 3.64. The Labute approximate surface area is 154 Å². The first-order valence-electron chi connectivity index (χ1n) is 8.40. The highest BCUT2D eigenvalue weighted by molar-refractivity contribution is 7.98. The predicted molar refractivity (Wildman–Crippen MR) is 113 cm³/mol. The quantitative estimate of drug-likeness (QED) is 0.345. The summed E-state index contributed by atoms with van der Waals surface area (Å²) in [4.78, 5) is 1.30. The van der Waals surface area contributed by atoms with Gasteiger partial charge >= 0.3 is 0 Å². The van der Waals surface area contributed by atoms with Gasteiger partial charge in [-0.15, -0.1) is 11.8 Å². The highest BCUT2D eigenvalue weighted by Gasteiger charge is 2.07. The van der Waals surface area contributed by atoms with Crippen LogP contribution in [0.4, 0.5) is 0 Å². The predicted octanol–water partition coefficient (Wildman–Crippen LogP) is 7.33. The summed E-state index contributed by atoms with van der Waals surface area (Å²) >= 11 is 1.79. The van der Waals surface area contributed by atoms with Crippen molar-refractivity contribution in [3.8, 4) is 22.3 Å². The van der Waals surface area contributed by atoms with Gasteiger partial charge in [-0.05, 0) is 52.6 Å². The summed E-state index contributed by atoms with van der Waals surface area (Å²) in [6.07, 6.45) is 6.12. The van der Waals surface area contributed by atoms with Gasteiger partial charge in [-0.25, -0.2) is 0 Å². The van der Waals surface area contributed by atoms with Crippen LogP contribution in [0.3, 0.4) is 0 Å². The second-order valence-electron chi connectivity index (χ2n) is 5.81. The van der Waals surface area contributed by atoms with Crippen LogP contribution in [0.15, 0.2) is 96.4 Å². The van der Waals surface area contributed by atoms with Crippen molar-refractivity contribution in [2.45, 2.75) is 11.8 Å². The van der Waals surface area contributed by atoms with Gasteiger partial charge < -0.3 is 0 Å². The van der Waals surface area contributed by atoms with Gasteiger partial charge in [0.15, 0.2) is 0 Å². The summed E-state index contributed by atoms with van der Waals surface area (Å²) in [5.41, 5.74) is 7.40. The standard InChI is InChI=1S/C24H22S/c1-4-18(5-2)20-11-13-21(14-12-20)23-16-15-22(17-24(23)25-3)19-9-7-6-8-10-19/h4-17H,1H2,2-3H3/b18-5+. The van der Waals surface area contributed by atoms with Crippen LogP contribution < -0.4 is 0 Å². The van der Waals surface area contributed by atoms with E-state index in [0.29, 0.717) is 0 Å². The minimum absolute atomic E-state index is 1.16. The van der Waals surface area contributed by atoms with Crippen LogP contribution in [0.5, 0.6) is 0 Å². The monoisotopic (exact) mass is 342 g/mol. The van der Waals surface area contributed by atoms with E-state index in [1.165, 1.54) is 32.7 Å². The van der Waals surface area contributed by atoms with Gasteiger partial charge in [-0.1, -0.05) is 85.5 Å². The second-order valence-corrected chi connectivity index (χ2v) is 6.65. The minimum atomic E-state index is 1.16. The Balaban J connectivity index is 1.99. The summed E-state index contributed by atoms with van der Waals surface area (Å²) in [6, 6.07) is 26.0. The van der Waals surface area contributed by atoms with Crippen molar-refractivity contribution in [3.05, 3.63) is 97.1 Å². The van der Waals surface area contributed by atoms with Crippen LogP contribution in [0.2, 0.25) is 0 Å². The van der Waals surface area contributed by atoms with Crippen LogP contribution in [-0.2, 0) is 0 Å². The first-order chi connectivity index (χ1) is 12.3. The van der Waals surface area contributed by atoms with Gasteiger partial charge in [0.25, 0.3) is 0 Å². The average molecular weight is 343 g/mol. The topological polar surface area (TPSA) is 0 Å². The molecule has 0 saturated heterocycles. The number of hydrogen-bond acceptors (Lipinski definition) is 1. The van der Waals surface area contributed by atoms with E-state index in [0.717, 1.165) is 5.57 Å². The summed E-state index contributed by atoms with van der Waals surface area (Å²) in [5.74, 6) is 0. The Morgan fingerprint density at radius 3 is 2.12 bits per heavy atom. The molecule has 0 unspecified atom stereocenters. The van der Waals surface area contributed by atoms with Gasteiger partial charge in [-0.2, -0.15) is 0 Å². The summed E-state index contributed by atoms with van der Waals surface area (Å²) in [7, 11) is 0. The number of thioether (sulfide) groups is 1. The van der Waals surface area contributed by atoms with Crippen LogP contribution in [-0.4, -0.2) is 6.26 Å². The van der Waals surface area contributed by atoms with E-state index in [2.05, 4.69) is 91.7 Å². The molecule has 0 amide bonds.